The van der Waals surface area contributed by atoms with E-state index in [0.29, 0.717) is 5.06 Å². The Morgan fingerprint density at radius 3 is 0.920 bits per heavy atom. The van der Waals surface area contributed by atoms with Crippen molar-refractivity contribution in [2.24, 2.45) is 0 Å². The number of unbranched alkanes of at least 4 members (excludes halogenated alkanes) is 19. The van der Waals surface area contributed by atoms with E-state index in [4.69, 9.17) is 0 Å². The predicted octanol–water partition coefficient (Wildman–Crippen LogP) is 6.82. The van der Waals surface area contributed by atoms with Crippen molar-refractivity contribution in [3.8, 4) is 0 Å². The van der Waals surface area contributed by atoms with Crippen molar-refractivity contribution in [1.82, 2.24) is 0 Å². The van der Waals surface area contributed by atoms with E-state index >= 15 is 0 Å². The van der Waals surface area contributed by atoms with Gasteiger partial charge in [0.2, 0.25) is 0 Å². The summed E-state index contributed by atoms with van der Waals surface area (Å²) in [5.41, 5.74) is 0. The summed E-state index contributed by atoms with van der Waals surface area (Å²) in [5.74, 6) is 0. The molecule has 1 N–H and O–H groups in total. The van der Waals surface area contributed by atoms with E-state index in [9.17, 15) is 5.21 Å². The lowest BCUT2D eigenvalue weighted by Crippen LogP contribution is -3.03. The summed E-state index contributed by atoms with van der Waals surface area (Å²) in [5, 5.41) is 11.2. The van der Waals surface area contributed by atoms with Crippen LogP contribution in [0.1, 0.15) is 135 Å². The summed E-state index contributed by atoms with van der Waals surface area (Å²) in [6.45, 7) is 3.08. The minimum absolute atomic E-state index is 0.349. The van der Waals surface area contributed by atoms with Gasteiger partial charge in [0.25, 0.3) is 0 Å². The molecule has 0 amide bonds. The highest BCUT2D eigenvalue weighted by atomic mass is 16.5. The molecular weight excluding hydrogens is 306 g/mol. The average molecular weight is 356 g/mol. The van der Waals surface area contributed by atoms with Crippen LogP contribution in [0.4, 0.5) is 0 Å². The van der Waals surface area contributed by atoms with Gasteiger partial charge in [0, 0.05) is 0 Å². The molecule has 1 atom stereocenters. The fourth-order valence-electron chi connectivity index (χ4n) is 3.63. The summed E-state index contributed by atoms with van der Waals surface area (Å²) in [7, 11) is 1.70. The molecular formula is C23H49NO. The van der Waals surface area contributed by atoms with Crippen LogP contribution in [-0.2, 0) is 0 Å². The zero-order valence-electron chi connectivity index (χ0n) is 17.8. The van der Waals surface area contributed by atoms with Crippen LogP contribution in [0.15, 0.2) is 0 Å². The molecule has 0 saturated heterocycles. The minimum atomic E-state index is 0.349. The van der Waals surface area contributed by atoms with E-state index in [2.05, 4.69) is 6.92 Å². The lowest BCUT2D eigenvalue weighted by atomic mass is 10.0. The van der Waals surface area contributed by atoms with Gasteiger partial charge >= 0.3 is 0 Å². The van der Waals surface area contributed by atoms with Crippen LogP contribution in [0.3, 0.4) is 0 Å². The minimum Gasteiger partial charge on any atom is -0.634 e. The van der Waals surface area contributed by atoms with Gasteiger partial charge in [-0.3, -0.25) is 0 Å². The molecule has 0 rings (SSSR count). The molecule has 0 heterocycles. The second-order valence-electron chi connectivity index (χ2n) is 8.17. The molecule has 0 aliphatic carbocycles. The van der Waals surface area contributed by atoms with Gasteiger partial charge in [0.15, 0.2) is 0 Å². The maximum absolute atomic E-state index is 10.8. The van der Waals surface area contributed by atoms with E-state index in [1.807, 2.05) is 0 Å². The third-order valence-electron chi connectivity index (χ3n) is 5.38. The third kappa shape index (κ3) is 23.9. The fraction of sp³-hybridized carbons (Fsp3) is 1.00. The van der Waals surface area contributed by atoms with Crippen LogP contribution >= 0.6 is 0 Å². The predicted molar refractivity (Wildman–Crippen MR) is 113 cm³/mol. The highest BCUT2D eigenvalue weighted by Crippen LogP contribution is 2.14. The SMILES string of the molecule is CCCCCCCCCCCCCCCCCCCCCC[NH+](C)[O-]. The van der Waals surface area contributed by atoms with Crippen LogP contribution in [0, 0.1) is 5.21 Å². The Morgan fingerprint density at radius 1 is 0.440 bits per heavy atom. The van der Waals surface area contributed by atoms with Crippen molar-refractivity contribution < 1.29 is 5.06 Å². The number of quaternary nitrogens is 1. The quantitative estimate of drug-likeness (QED) is 0.177. The smallest absolute Gasteiger partial charge is 0.0766 e. The molecule has 0 aliphatic rings. The van der Waals surface area contributed by atoms with Crippen LogP contribution in [0.5, 0.6) is 0 Å². The first-order chi connectivity index (χ1) is 12.3. The summed E-state index contributed by atoms with van der Waals surface area (Å²) in [6, 6.07) is 0. The molecule has 0 aromatic heterocycles. The molecule has 25 heavy (non-hydrogen) atoms. The molecule has 2 heteroatoms. The Kier molecular flexibility index (Phi) is 21.9. The van der Waals surface area contributed by atoms with Crippen molar-refractivity contribution in [3.05, 3.63) is 5.21 Å². The van der Waals surface area contributed by atoms with Gasteiger partial charge in [0.1, 0.15) is 0 Å². The number of rotatable bonds is 21. The van der Waals surface area contributed by atoms with Crippen LogP contribution < -0.4 is 5.06 Å². The topological polar surface area (TPSA) is 27.5 Å². The van der Waals surface area contributed by atoms with Crippen molar-refractivity contribution in [1.29, 1.82) is 0 Å². The van der Waals surface area contributed by atoms with Crippen LogP contribution in [0.2, 0.25) is 0 Å². The van der Waals surface area contributed by atoms with Gasteiger partial charge in [-0.25, -0.2) is 0 Å². The van der Waals surface area contributed by atoms with Crippen molar-refractivity contribution in [3.63, 3.8) is 0 Å². The van der Waals surface area contributed by atoms with Gasteiger partial charge < -0.3 is 10.3 Å². The standard InChI is InChI=1S/C23H49NO/c1-3-4-5-6-7-8-9-10-11-12-13-14-15-16-17-18-19-20-21-22-23-24(2)25/h24H,3-23H2,1-2H3. The monoisotopic (exact) mass is 355 g/mol. The number of hydroxylamine groups is 2. The number of nitrogens with one attached hydrogen (secondary N) is 1. The molecule has 0 aliphatic heterocycles. The first-order valence-electron chi connectivity index (χ1n) is 11.8. The molecule has 0 saturated carbocycles. The molecule has 0 bridgehead atoms. The average Bonchev–Trinajstić information content (AvgIpc) is 2.60. The van der Waals surface area contributed by atoms with Gasteiger partial charge in [-0.2, -0.15) is 0 Å². The van der Waals surface area contributed by atoms with Gasteiger partial charge in [-0.1, -0.05) is 122 Å². The Bertz CT molecular complexity index is 230. The molecule has 2 nitrogen and oxygen atoms in total. The van der Waals surface area contributed by atoms with Crippen LogP contribution in [0.25, 0.3) is 0 Å². The van der Waals surface area contributed by atoms with E-state index < -0.39 is 0 Å². The Labute approximate surface area is 159 Å². The summed E-state index contributed by atoms with van der Waals surface area (Å²) in [6.07, 6.45) is 28.2. The largest absolute Gasteiger partial charge is 0.634 e. The van der Waals surface area contributed by atoms with E-state index in [-0.39, 0.29) is 0 Å². The van der Waals surface area contributed by atoms with E-state index in [1.165, 1.54) is 122 Å². The third-order valence-corrected chi connectivity index (χ3v) is 5.38. The maximum Gasteiger partial charge on any atom is 0.0766 e. The van der Waals surface area contributed by atoms with Gasteiger partial charge in [-0.05, 0) is 12.8 Å². The zero-order valence-corrected chi connectivity index (χ0v) is 17.8. The first-order valence-corrected chi connectivity index (χ1v) is 11.8. The number of hydrogen-bond acceptors (Lipinski definition) is 1. The summed E-state index contributed by atoms with van der Waals surface area (Å²) < 4.78 is 0. The zero-order chi connectivity index (χ0) is 18.4. The first kappa shape index (κ1) is 24.9. The lowest BCUT2D eigenvalue weighted by molar-refractivity contribution is -0.826. The molecule has 0 aromatic rings. The summed E-state index contributed by atoms with van der Waals surface area (Å²) in [4.78, 5) is 0. The molecule has 152 valence electrons. The molecule has 0 spiro atoms. The highest BCUT2D eigenvalue weighted by molar-refractivity contribution is 4.50. The number of hydrogen-bond donors (Lipinski definition) is 1. The van der Waals surface area contributed by atoms with Crippen molar-refractivity contribution in [2.45, 2.75) is 135 Å². The molecule has 0 fully saturated rings. The second kappa shape index (κ2) is 22.0. The van der Waals surface area contributed by atoms with Crippen molar-refractivity contribution >= 4 is 0 Å². The Balaban J connectivity index is 2.96. The van der Waals surface area contributed by atoms with Crippen molar-refractivity contribution in [2.75, 3.05) is 13.6 Å². The summed E-state index contributed by atoms with van der Waals surface area (Å²) >= 11 is 0. The Hall–Kier alpha value is -0.0800. The molecule has 0 aromatic carbocycles. The molecule has 1 unspecified atom stereocenters. The van der Waals surface area contributed by atoms with E-state index in [0.717, 1.165) is 13.0 Å². The lowest BCUT2D eigenvalue weighted by Gasteiger charge is -2.15. The second-order valence-corrected chi connectivity index (χ2v) is 8.17. The van der Waals surface area contributed by atoms with Gasteiger partial charge in [0.05, 0.1) is 13.6 Å². The fourth-order valence-corrected chi connectivity index (χ4v) is 3.63. The Morgan fingerprint density at radius 2 is 0.680 bits per heavy atom. The van der Waals surface area contributed by atoms with Crippen LogP contribution in [-0.4, -0.2) is 13.6 Å². The molecule has 0 radical (unpaired) electrons. The van der Waals surface area contributed by atoms with Gasteiger partial charge in [-0.15, -0.1) is 0 Å². The highest BCUT2D eigenvalue weighted by Gasteiger charge is 1.96. The van der Waals surface area contributed by atoms with E-state index in [1.54, 1.807) is 7.05 Å². The normalized spacial score (nSPS) is 12.6. The maximum atomic E-state index is 10.8.